The number of aromatic nitrogens is 3. The summed E-state index contributed by atoms with van der Waals surface area (Å²) in [6, 6.07) is 5.98. The van der Waals surface area contributed by atoms with Crippen LogP contribution in [-0.4, -0.2) is 14.8 Å². The quantitative estimate of drug-likeness (QED) is 0.814. The van der Waals surface area contributed by atoms with Crippen LogP contribution in [-0.2, 0) is 6.54 Å². The van der Waals surface area contributed by atoms with Crippen LogP contribution in [0.5, 0.6) is 0 Å². The summed E-state index contributed by atoms with van der Waals surface area (Å²) in [5.74, 6) is 0.854. The first-order valence-electron chi connectivity index (χ1n) is 4.74. The van der Waals surface area contributed by atoms with Gasteiger partial charge in [-0.3, -0.25) is 5.10 Å². The topological polar surface area (TPSA) is 33.6 Å². The van der Waals surface area contributed by atoms with E-state index in [9.17, 15) is 0 Å². The lowest BCUT2D eigenvalue weighted by atomic mass is 10.2. The van der Waals surface area contributed by atoms with Gasteiger partial charge in [0.2, 0.25) is 0 Å². The van der Waals surface area contributed by atoms with Crippen molar-refractivity contribution in [3.05, 3.63) is 31.9 Å². The highest BCUT2D eigenvalue weighted by atomic mass is 79.9. The molecule has 16 heavy (non-hydrogen) atoms. The van der Waals surface area contributed by atoms with Gasteiger partial charge in [-0.15, -0.1) is 0 Å². The molecule has 1 N–H and O–H groups in total. The molecule has 0 spiro atoms. The number of halogens is 2. The van der Waals surface area contributed by atoms with Gasteiger partial charge in [-0.2, -0.15) is 5.10 Å². The standard InChI is InChI=1S/C10H9Br2N3S/c1-2-15-9(13-14-10(15)16)7-4-3-6(11)5-8(7)12/h3-5H,2H2,1H3,(H,14,16). The van der Waals surface area contributed by atoms with Crippen molar-refractivity contribution in [2.24, 2.45) is 0 Å². The number of nitrogens with one attached hydrogen (secondary N) is 1. The molecule has 0 atom stereocenters. The summed E-state index contributed by atoms with van der Waals surface area (Å²) in [4.78, 5) is 0. The molecule has 0 saturated carbocycles. The Morgan fingerprint density at radius 2 is 2.19 bits per heavy atom. The molecule has 0 aliphatic carbocycles. The summed E-state index contributed by atoms with van der Waals surface area (Å²) in [6.07, 6.45) is 0. The lowest BCUT2D eigenvalue weighted by Gasteiger charge is -2.05. The predicted octanol–water partition coefficient (Wildman–Crippen LogP) is 4.15. The van der Waals surface area contributed by atoms with Gasteiger partial charge in [0.25, 0.3) is 0 Å². The molecule has 0 bridgehead atoms. The van der Waals surface area contributed by atoms with E-state index in [1.54, 1.807) is 0 Å². The summed E-state index contributed by atoms with van der Waals surface area (Å²) < 4.78 is 4.63. The lowest BCUT2D eigenvalue weighted by Crippen LogP contribution is -1.98. The molecular weight excluding hydrogens is 354 g/mol. The second-order valence-corrected chi connectivity index (χ2v) is 5.38. The van der Waals surface area contributed by atoms with Crippen LogP contribution < -0.4 is 0 Å². The van der Waals surface area contributed by atoms with Gasteiger partial charge >= 0.3 is 0 Å². The Kier molecular flexibility index (Phi) is 3.61. The molecule has 3 nitrogen and oxygen atoms in total. The number of hydrogen-bond acceptors (Lipinski definition) is 2. The molecule has 0 saturated heterocycles. The van der Waals surface area contributed by atoms with Crippen LogP contribution in [0.4, 0.5) is 0 Å². The Bertz CT molecular complexity index is 574. The van der Waals surface area contributed by atoms with E-state index in [1.807, 2.05) is 29.7 Å². The van der Waals surface area contributed by atoms with Gasteiger partial charge in [-0.05, 0) is 53.3 Å². The van der Waals surface area contributed by atoms with Crippen molar-refractivity contribution in [1.82, 2.24) is 14.8 Å². The Morgan fingerprint density at radius 3 is 2.81 bits per heavy atom. The van der Waals surface area contributed by atoms with Gasteiger partial charge < -0.3 is 4.57 Å². The minimum Gasteiger partial charge on any atom is -0.300 e. The number of nitrogens with zero attached hydrogens (tertiary/aromatic N) is 2. The summed E-state index contributed by atoms with van der Waals surface area (Å²) >= 11 is 12.1. The number of aromatic amines is 1. The number of benzene rings is 1. The van der Waals surface area contributed by atoms with Crippen LogP contribution in [0.3, 0.4) is 0 Å². The molecule has 0 radical (unpaired) electrons. The highest BCUT2D eigenvalue weighted by Gasteiger charge is 2.10. The van der Waals surface area contributed by atoms with Crippen molar-refractivity contribution < 1.29 is 0 Å². The molecule has 2 aromatic rings. The SMILES string of the molecule is CCn1c(-c2ccc(Br)cc2Br)n[nH]c1=S. The molecule has 1 aromatic carbocycles. The maximum absolute atomic E-state index is 5.16. The number of rotatable bonds is 2. The van der Waals surface area contributed by atoms with Crippen molar-refractivity contribution in [3.8, 4) is 11.4 Å². The molecule has 0 aliphatic rings. The van der Waals surface area contributed by atoms with Gasteiger partial charge in [0.05, 0.1) is 0 Å². The predicted molar refractivity (Wildman–Crippen MR) is 73.9 cm³/mol. The minimum absolute atomic E-state index is 0.646. The number of hydrogen-bond donors (Lipinski definition) is 1. The fraction of sp³-hybridized carbons (Fsp3) is 0.200. The smallest absolute Gasteiger partial charge is 0.195 e. The zero-order valence-electron chi connectivity index (χ0n) is 8.50. The molecule has 84 valence electrons. The third kappa shape index (κ3) is 2.14. The average Bonchev–Trinajstić information content (AvgIpc) is 2.59. The highest BCUT2D eigenvalue weighted by Crippen LogP contribution is 2.29. The van der Waals surface area contributed by atoms with Gasteiger partial charge in [0.15, 0.2) is 10.6 Å². The Labute approximate surface area is 115 Å². The van der Waals surface area contributed by atoms with Crippen molar-refractivity contribution in [1.29, 1.82) is 0 Å². The molecular formula is C10H9Br2N3S. The monoisotopic (exact) mass is 361 g/mol. The van der Waals surface area contributed by atoms with E-state index >= 15 is 0 Å². The van der Waals surface area contributed by atoms with Crippen molar-refractivity contribution in [2.75, 3.05) is 0 Å². The van der Waals surface area contributed by atoms with Gasteiger partial charge in [-0.25, -0.2) is 0 Å². The first kappa shape index (κ1) is 12.0. The Balaban J connectivity index is 2.63. The second-order valence-electron chi connectivity index (χ2n) is 3.22. The summed E-state index contributed by atoms with van der Waals surface area (Å²) in [5.41, 5.74) is 1.03. The first-order chi connectivity index (χ1) is 7.63. The summed E-state index contributed by atoms with van der Waals surface area (Å²) in [5, 5.41) is 7.06. The van der Waals surface area contributed by atoms with Gasteiger partial charge in [0.1, 0.15) is 0 Å². The fourth-order valence-electron chi connectivity index (χ4n) is 1.49. The normalized spacial score (nSPS) is 10.7. The molecule has 1 heterocycles. The van der Waals surface area contributed by atoms with Crippen LogP contribution >= 0.6 is 44.1 Å². The van der Waals surface area contributed by atoms with E-state index in [0.29, 0.717) is 4.77 Å². The van der Waals surface area contributed by atoms with E-state index in [-0.39, 0.29) is 0 Å². The molecule has 6 heteroatoms. The van der Waals surface area contributed by atoms with E-state index in [4.69, 9.17) is 12.2 Å². The molecule has 1 aromatic heterocycles. The van der Waals surface area contributed by atoms with Crippen LogP contribution in [0, 0.1) is 4.77 Å². The minimum atomic E-state index is 0.646. The fourth-order valence-corrected chi connectivity index (χ4v) is 2.97. The largest absolute Gasteiger partial charge is 0.300 e. The van der Waals surface area contributed by atoms with Crippen molar-refractivity contribution >= 4 is 44.1 Å². The maximum atomic E-state index is 5.16. The van der Waals surface area contributed by atoms with Gasteiger partial charge in [-0.1, -0.05) is 15.9 Å². The molecule has 2 rings (SSSR count). The van der Waals surface area contributed by atoms with Crippen LogP contribution in [0.1, 0.15) is 6.92 Å². The molecule has 0 fully saturated rings. The van der Waals surface area contributed by atoms with Gasteiger partial charge in [0, 0.05) is 21.1 Å². The highest BCUT2D eigenvalue weighted by molar-refractivity contribution is 9.11. The van der Waals surface area contributed by atoms with Crippen LogP contribution in [0.15, 0.2) is 27.1 Å². The Morgan fingerprint density at radius 1 is 1.44 bits per heavy atom. The Hall–Kier alpha value is -0.460. The third-order valence-corrected chi connectivity index (χ3v) is 3.71. The summed E-state index contributed by atoms with van der Waals surface area (Å²) in [7, 11) is 0. The molecule has 0 unspecified atom stereocenters. The third-order valence-electron chi connectivity index (χ3n) is 2.25. The maximum Gasteiger partial charge on any atom is 0.195 e. The zero-order chi connectivity index (χ0) is 11.7. The van der Waals surface area contributed by atoms with Crippen molar-refractivity contribution in [3.63, 3.8) is 0 Å². The second kappa shape index (κ2) is 4.81. The number of H-pyrrole nitrogens is 1. The van der Waals surface area contributed by atoms with E-state index in [1.165, 1.54) is 0 Å². The molecule has 0 aliphatic heterocycles. The first-order valence-corrected chi connectivity index (χ1v) is 6.73. The lowest BCUT2D eigenvalue weighted by molar-refractivity contribution is 0.755. The van der Waals surface area contributed by atoms with E-state index in [0.717, 1.165) is 26.9 Å². The van der Waals surface area contributed by atoms with E-state index in [2.05, 4.69) is 42.1 Å². The average molecular weight is 363 g/mol. The van der Waals surface area contributed by atoms with E-state index < -0.39 is 0 Å². The van der Waals surface area contributed by atoms with Crippen LogP contribution in [0.2, 0.25) is 0 Å². The van der Waals surface area contributed by atoms with Crippen molar-refractivity contribution in [2.45, 2.75) is 13.5 Å². The molecule has 0 amide bonds. The zero-order valence-corrected chi connectivity index (χ0v) is 12.5. The summed E-state index contributed by atoms with van der Waals surface area (Å²) in [6.45, 7) is 2.84. The van der Waals surface area contributed by atoms with Crippen LogP contribution in [0.25, 0.3) is 11.4 Å².